The van der Waals surface area contributed by atoms with Gasteiger partial charge in [0.25, 0.3) is 0 Å². The lowest BCUT2D eigenvalue weighted by Crippen LogP contribution is -2.15. The number of nitrogens with two attached hydrogens (primary N) is 1. The maximum absolute atomic E-state index is 13.1. The molecule has 0 aliphatic rings. The van der Waals surface area contributed by atoms with Crippen LogP contribution in [0.25, 0.3) is 0 Å². The number of nitrogens with one attached hydrogen (secondary N) is 1. The highest BCUT2D eigenvalue weighted by atomic mass is 19.2. The summed E-state index contributed by atoms with van der Waals surface area (Å²) in [5, 5.41) is 2.43. The normalized spacial score (nSPS) is 10.3. The maximum Gasteiger partial charge on any atom is 0.228 e. The first kappa shape index (κ1) is 13.9. The number of halogens is 3. The van der Waals surface area contributed by atoms with Crippen molar-refractivity contribution < 1.29 is 18.0 Å². The van der Waals surface area contributed by atoms with Crippen LogP contribution >= 0.6 is 0 Å². The third-order valence-electron chi connectivity index (χ3n) is 2.55. The molecule has 2 rings (SSSR count). The van der Waals surface area contributed by atoms with Crippen molar-refractivity contribution in [3.8, 4) is 0 Å². The molecule has 0 unspecified atom stereocenters. The highest BCUT2D eigenvalue weighted by Gasteiger charge is 2.08. The van der Waals surface area contributed by atoms with Crippen LogP contribution < -0.4 is 11.1 Å². The molecule has 20 heavy (non-hydrogen) atoms. The van der Waals surface area contributed by atoms with Crippen molar-refractivity contribution in [3.63, 3.8) is 0 Å². The molecule has 0 aliphatic heterocycles. The summed E-state index contributed by atoms with van der Waals surface area (Å²) in [4.78, 5) is 11.7. The average Bonchev–Trinajstić information content (AvgIpc) is 2.32. The summed E-state index contributed by atoms with van der Waals surface area (Å²) in [6, 6.07) is 6.81. The number of carbonyl (C=O) groups excluding carboxylic acids is 1. The molecular formula is C14H11F3N2O. The molecule has 104 valence electrons. The number of hydrogen-bond acceptors (Lipinski definition) is 2. The Morgan fingerprint density at radius 1 is 1.05 bits per heavy atom. The molecule has 0 bridgehead atoms. The topological polar surface area (TPSA) is 55.1 Å². The third kappa shape index (κ3) is 3.50. The fourth-order valence-electron chi connectivity index (χ4n) is 1.72. The largest absolute Gasteiger partial charge is 0.399 e. The maximum atomic E-state index is 13.1. The summed E-state index contributed by atoms with van der Waals surface area (Å²) < 4.78 is 38.8. The van der Waals surface area contributed by atoms with Crippen molar-refractivity contribution in [2.45, 2.75) is 6.42 Å². The van der Waals surface area contributed by atoms with Gasteiger partial charge in [0.05, 0.1) is 6.42 Å². The van der Waals surface area contributed by atoms with E-state index < -0.39 is 23.4 Å². The van der Waals surface area contributed by atoms with Gasteiger partial charge in [0.15, 0.2) is 11.6 Å². The Bertz CT molecular complexity index is 639. The Morgan fingerprint density at radius 2 is 1.80 bits per heavy atom. The van der Waals surface area contributed by atoms with Crippen LogP contribution in [0, 0.1) is 17.5 Å². The van der Waals surface area contributed by atoms with Gasteiger partial charge in [0.1, 0.15) is 5.82 Å². The molecule has 2 aromatic rings. The standard InChI is InChI=1S/C14H11F3N2O/c15-9-5-10(18)7-11(6-9)19-14(20)4-8-1-2-12(16)13(17)3-8/h1-3,5-7H,4,18H2,(H,19,20). The SMILES string of the molecule is Nc1cc(F)cc(NC(=O)Cc2ccc(F)c(F)c2)c1. The zero-order valence-electron chi connectivity index (χ0n) is 10.3. The molecule has 0 aromatic heterocycles. The molecule has 0 spiro atoms. The van der Waals surface area contributed by atoms with Gasteiger partial charge in [-0.2, -0.15) is 0 Å². The zero-order chi connectivity index (χ0) is 14.7. The summed E-state index contributed by atoms with van der Waals surface area (Å²) in [7, 11) is 0. The number of carbonyl (C=O) groups is 1. The molecule has 0 radical (unpaired) electrons. The second kappa shape index (κ2) is 5.64. The zero-order valence-corrected chi connectivity index (χ0v) is 10.3. The van der Waals surface area contributed by atoms with Crippen molar-refractivity contribution >= 4 is 17.3 Å². The van der Waals surface area contributed by atoms with E-state index in [4.69, 9.17) is 5.73 Å². The summed E-state index contributed by atoms with van der Waals surface area (Å²) in [5.41, 5.74) is 6.13. The van der Waals surface area contributed by atoms with E-state index in [2.05, 4.69) is 5.32 Å². The number of anilines is 2. The summed E-state index contributed by atoms with van der Waals surface area (Å²) >= 11 is 0. The van der Waals surface area contributed by atoms with Gasteiger partial charge < -0.3 is 11.1 Å². The lowest BCUT2D eigenvalue weighted by Gasteiger charge is -2.07. The van der Waals surface area contributed by atoms with Crippen molar-refractivity contribution in [2.75, 3.05) is 11.1 Å². The minimum atomic E-state index is -1.02. The van der Waals surface area contributed by atoms with Crippen LogP contribution in [0.5, 0.6) is 0 Å². The average molecular weight is 280 g/mol. The van der Waals surface area contributed by atoms with E-state index >= 15 is 0 Å². The molecule has 0 saturated carbocycles. The first-order valence-corrected chi connectivity index (χ1v) is 5.74. The second-order valence-corrected chi connectivity index (χ2v) is 4.25. The van der Waals surface area contributed by atoms with Gasteiger partial charge in [-0.15, -0.1) is 0 Å². The number of amides is 1. The van der Waals surface area contributed by atoms with Crippen LogP contribution in [0.15, 0.2) is 36.4 Å². The fraction of sp³-hybridized carbons (Fsp3) is 0.0714. The molecule has 0 atom stereocenters. The van der Waals surface area contributed by atoms with E-state index in [1.807, 2.05) is 0 Å². The molecule has 3 N–H and O–H groups in total. The first-order valence-electron chi connectivity index (χ1n) is 5.74. The second-order valence-electron chi connectivity index (χ2n) is 4.25. The fourth-order valence-corrected chi connectivity index (χ4v) is 1.72. The van der Waals surface area contributed by atoms with E-state index in [-0.39, 0.29) is 17.8 Å². The summed E-state index contributed by atoms with van der Waals surface area (Å²) in [6.45, 7) is 0. The first-order chi connectivity index (χ1) is 9.44. The predicted octanol–water partition coefficient (Wildman–Crippen LogP) is 2.87. The molecule has 0 aliphatic carbocycles. The Hall–Kier alpha value is -2.50. The minimum Gasteiger partial charge on any atom is -0.399 e. The Kier molecular flexibility index (Phi) is 3.93. The van der Waals surface area contributed by atoms with Crippen LogP contribution in [-0.2, 0) is 11.2 Å². The van der Waals surface area contributed by atoms with Crippen LogP contribution in [0.2, 0.25) is 0 Å². The van der Waals surface area contributed by atoms with Crippen molar-refractivity contribution in [1.82, 2.24) is 0 Å². The van der Waals surface area contributed by atoms with Crippen LogP contribution in [-0.4, -0.2) is 5.91 Å². The number of rotatable bonds is 3. The molecule has 3 nitrogen and oxygen atoms in total. The van der Waals surface area contributed by atoms with E-state index in [1.54, 1.807) is 0 Å². The van der Waals surface area contributed by atoms with Gasteiger partial charge in [-0.05, 0) is 35.9 Å². The van der Waals surface area contributed by atoms with Gasteiger partial charge in [0, 0.05) is 11.4 Å². The molecule has 0 fully saturated rings. The van der Waals surface area contributed by atoms with Gasteiger partial charge >= 0.3 is 0 Å². The van der Waals surface area contributed by atoms with Crippen LogP contribution in [0.3, 0.4) is 0 Å². The Labute approximate surface area is 113 Å². The van der Waals surface area contributed by atoms with Crippen molar-refractivity contribution in [3.05, 3.63) is 59.4 Å². The molecule has 0 heterocycles. The van der Waals surface area contributed by atoms with Gasteiger partial charge in [-0.1, -0.05) is 6.07 Å². The summed E-state index contributed by atoms with van der Waals surface area (Å²) in [6.07, 6.45) is -0.159. The van der Waals surface area contributed by atoms with E-state index in [0.717, 1.165) is 24.3 Å². The van der Waals surface area contributed by atoms with Gasteiger partial charge in [-0.25, -0.2) is 13.2 Å². The highest BCUT2D eigenvalue weighted by molar-refractivity contribution is 5.92. The lowest BCUT2D eigenvalue weighted by molar-refractivity contribution is -0.115. The molecular weight excluding hydrogens is 269 g/mol. The quantitative estimate of drug-likeness (QED) is 0.849. The number of benzene rings is 2. The third-order valence-corrected chi connectivity index (χ3v) is 2.55. The van der Waals surface area contributed by atoms with E-state index in [9.17, 15) is 18.0 Å². The molecule has 6 heteroatoms. The van der Waals surface area contributed by atoms with Crippen molar-refractivity contribution in [1.29, 1.82) is 0 Å². The monoisotopic (exact) mass is 280 g/mol. The predicted molar refractivity (Wildman–Crippen MR) is 69.5 cm³/mol. The van der Waals surface area contributed by atoms with Crippen LogP contribution in [0.1, 0.15) is 5.56 Å². The van der Waals surface area contributed by atoms with E-state index in [1.165, 1.54) is 12.1 Å². The van der Waals surface area contributed by atoms with Crippen molar-refractivity contribution in [2.24, 2.45) is 0 Å². The Balaban J connectivity index is 2.06. The lowest BCUT2D eigenvalue weighted by atomic mass is 10.1. The molecule has 0 saturated heterocycles. The summed E-state index contributed by atoms with van der Waals surface area (Å²) in [5.74, 6) is -3.06. The Morgan fingerprint density at radius 3 is 2.45 bits per heavy atom. The smallest absolute Gasteiger partial charge is 0.228 e. The van der Waals surface area contributed by atoms with Gasteiger partial charge in [0.2, 0.25) is 5.91 Å². The number of nitrogen functional groups attached to an aromatic ring is 1. The highest BCUT2D eigenvalue weighted by Crippen LogP contribution is 2.16. The molecule has 1 amide bonds. The molecule has 2 aromatic carbocycles. The minimum absolute atomic E-state index is 0.159. The number of hydrogen-bond donors (Lipinski definition) is 2. The van der Waals surface area contributed by atoms with Gasteiger partial charge in [-0.3, -0.25) is 4.79 Å². The van der Waals surface area contributed by atoms with Crippen LogP contribution in [0.4, 0.5) is 24.5 Å². The van der Waals surface area contributed by atoms with E-state index in [0.29, 0.717) is 5.56 Å².